The number of amides is 1. The average molecular weight is 560 g/mol. The van der Waals surface area contributed by atoms with Gasteiger partial charge in [0.1, 0.15) is 17.5 Å². The standard InChI is InChI=1S/C31H43F2N3O4/c1-5-6-12-26-25(21-13-15-23(16-14-21)38-22-10-8-7-9-11-22)19-28(35-34-26)39-27-20-36(18-17-24(27)29(32)33)30(37)40-31(2,3)4/h13-16,19,22,24,27,29H,5-12,17-18,20H2,1-4H3. The van der Waals surface area contributed by atoms with E-state index >= 15 is 0 Å². The Kier molecular flexibility index (Phi) is 10.2. The minimum atomic E-state index is -2.58. The van der Waals surface area contributed by atoms with Gasteiger partial charge in [0.2, 0.25) is 12.3 Å². The Bertz CT molecular complexity index is 1100. The van der Waals surface area contributed by atoms with E-state index in [0.717, 1.165) is 54.7 Å². The van der Waals surface area contributed by atoms with E-state index in [1.807, 2.05) is 24.3 Å². The fourth-order valence-corrected chi connectivity index (χ4v) is 5.32. The first-order valence-corrected chi connectivity index (χ1v) is 14.7. The molecule has 2 atom stereocenters. The van der Waals surface area contributed by atoms with E-state index in [-0.39, 0.29) is 31.5 Å². The van der Waals surface area contributed by atoms with Crippen molar-refractivity contribution in [2.45, 2.75) is 110 Å². The molecule has 0 radical (unpaired) electrons. The second-order valence-corrected chi connectivity index (χ2v) is 11.9. The lowest BCUT2D eigenvalue weighted by Crippen LogP contribution is -2.52. The van der Waals surface area contributed by atoms with Gasteiger partial charge in [-0.15, -0.1) is 5.10 Å². The van der Waals surface area contributed by atoms with Crippen LogP contribution in [0.4, 0.5) is 13.6 Å². The molecule has 2 heterocycles. The minimum absolute atomic E-state index is 0.00821. The summed E-state index contributed by atoms with van der Waals surface area (Å²) in [6.07, 6.45) is 4.88. The molecule has 40 heavy (non-hydrogen) atoms. The smallest absolute Gasteiger partial charge is 0.410 e. The second kappa shape index (κ2) is 13.6. The first-order chi connectivity index (χ1) is 19.1. The maximum atomic E-state index is 14.0. The maximum absolute atomic E-state index is 14.0. The predicted octanol–water partition coefficient (Wildman–Crippen LogP) is 7.47. The topological polar surface area (TPSA) is 73.8 Å². The van der Waals surface area contributed by atoms with E-state index in [4.69, 9.17) is 14.2 Å². The van der Waals surface area contributed by atoms with Crippen LogP contribution in [0.3, 0.4) is 0 Å². The Balaban J connectivity index is 1.54. The molecule has 2 aromatic rings. The lowest BCUT2D eigenvalue weighted by Gasteiger charge is -2.38. The molecular weight excluding hydrogens is 516 g/mol. The molecule has 1 aliphatic heterocycles. The van der Waals surface area contributed by atoms with E-state index in [9.17, 15) is 13.6 Å². The van der Waals surface area contributed by atoms with Gasteiger partial charge in [-0.3, -0.25) is 0 Å². The number of nitrogens with zero attached hydrogens (tertiary/aromatic N) is 3. The minimum Gasteiger partial charge on any atom is -0.490 e. The van der Waals surface area contributed by atoms with Gasteiger partial charge in [-0.2, -0.15) is 5.10 Å². The number of carbonyl (C=O) groups is 1. The monoisotopic (exact) mass is 559 g/mol. The quantitative estimate of drug-likeness (QED) is 0.317. The van der Waals surface area contributed by atoms with Crippen molar-refractivity contribution in [3.63, 3.8) is 0 Å². The van der Waals surface area contributed by atoms with Crippen LogP contribution < -0.4 is 9.47 Å². The van der Waals surface area contributed by atoms with Crippen molar-refractivity contribution in [3.05, 3.63) is 36.0 Å². The number of hydrogen-bond donors (Lipinski definition) is 0. The molecule has 220 valence electrons. The predicted molar refractivity (Wildman–Crippen MR) is 150 cm³/mol. The van der Waals surface area contributed by atoms with Crippen molar-refractivity contribution in [1.82, 2.24) is 15.1 Å². The van der Waals surface area contributed by atoms with Crippen molar-refractivity contribution >= 4 is 6.09 Å². The van der Waals surface area contributed by atoms with Crippen LogP contribution in [0.15, 0.2) is 30.3 Å². The number of piperidine rings is 1. The van der Waals surface area contributed by atoms with Gasteiger partial charge < -0.3 is 19.1 Å². The first-order valence-electron chi connectivity index (χ1n) is 14.7. The Labute approximate surface area is 236 Å². The van der Waals surface area contributed by atoms with Crippen molar-refractivity contribution in [1.29, 1.82) is 0 Å². The number of aryl methyl sites for hydroxylation is 1. The van der Waals surface area contributed by atoms with Crippen molar-refractivity contribution in [2.24, 2.45) is 5.92 Å². The van der Waals surface area contributed by atoms with Gasteiger partial charge in [-0.1, -0.05) is 31.9 Å². The number of alkyl halides is 2. The third kappa shape index (κ3) is 8.27. The molecule has 7 nitrogen and oxygen atoms in total. The van der Waals surface area contributed by atoms with Gasteiger partial charge in [-0.05, 0) is 83.4 Å². The summed E-state index contributed by atoms with van der Waals surface area (Å²) < 4.78 is 45.6. The molecular formula is C31H43F2N3O4. The molecule has 1 amide bonds. The number of ether oxygens (including phenoxy) is 3. The Hall–Kier alpha value is -2.97. The number of halogens is 2. The van der Waals surface area contributed by atoms with E-state index in [0.29, 0.717) is 0 Å². The summed E-state index contributed by atoms with van der Waals surface area (Å²) in [5.74, 6) is -0.0205. The molecule has 2 unspecified atom stereocenters. The van der Waals surface area contributed by atoms with Crippen LogP contribution in [0.2, 0.25) is 0 Å². The highest BCUT2D eigenvalue weighted by Gasteiger charge is 2.40. The van der Waals surface area contributed by atoms with Crippen LogP contribution in [0.5, 0.6) is 11.6 Å². The summed E-state index contributed by atoms with van der Waals surface area (Å²) in [5, 5.41) is 8.70. The SMILES string of the molecule is CCCCc1nnc(OC2CN(C(=O)OC(C)(C)C)CCC2C(F)F)cc1-c1ccc(OC2CCCCC2)cc1. The molecule has 2 aliphatic rings. The van der Waals surface area contributed by atoms with E-state index in [1.54, 1.807) is 26.8 Å². The molecule has 1 aliphatic carbocycles. The highest BCUT2D eigenvalue weighted by atomic mass is 19.3. The summed E-state index contributed by atoms with van der Waals surface area (Å²) in [6.45, 7) is 7.62. The molecule has 1 saturated heterocycles. The summed E-state index contributed by atoms with van der Waals surface area (Å²) in [5.41, 5.74) is 1.94. The van der Waals surface area contributed by atoms with Gasteiger partial charge >= 0.3 is 6.09 Å². The lowest BCUT2D eigenvalue weighted by molar-refractivity contribution is -0.0505. The van der Waals surface area contributed by atoms with Crippen LogP contribution in [0, 0.1) is 5.92 Å². The largest absolute Gasteiger partial charge is 0.490 e. The number of unbranched alkanes of at least 4 members (excludes halogenated alkanes) is 1. The van der Waals surface area contributed by atoms with E-state index < -0.39 is 30.1 Å². The van der Waals surface area contributed by atoms with Gasteiger partial charge in [0.05, 0.1) is 24.3 Å². The van der Waals surface area contributed by atoms with Crippen LogP contribution in [0.25, 0.3) is 11.1 Å². The lowest BCUT2D eigenvalue weighted by atomic mass is 9.94. The first kappa shape index (κ1) is 30.0. The molecule has 0 bridgehead atoms. The van der Waals surface area contributed by atoms with Crippen LogP contribution in [0.1, 0.15) is 84.8 Å². The Morgan fingerprint density at radius 2 is 1.77 bits per heavy atom. The second-order valence-electron chi connectivity index (χ2n) is 11.9. The zero-order valence-electron chi connectivity index (χ0n) is 24.2. The Morgan fingerprint density at radius 1 is 1.05 bits per heavy atom. The van der Waals surface area contributed by atoms with Crippen molar-refractivity contribution in [2.75, 3.05) is 13.1 Å². The number of benzene rings is 1. The number of carbonyl (C=O) groups excluding carboxylic acids is 1. The number of likely N-dealkylation sites (tertiary alicyclic amines) is 1. The Morgan fingerprint density at radius 3 is 2.42 bits per heavy atom. The molecule has 0 N–H and O–H groups in total. The highest BCUT2D eigenvalue weighted by Crippen LogP contribution is 2.32. The molecule has 2 fully saturated rings. The summed E-state index contributed by atoms with van der Waals surface area (Å²) in [6, 6.07) is 9.73. The zero-order valence-corrected chi connectivity index (χ0v) is 24.2. The number of rotatable bonds is 9. The van der Waals surface area contributed by atoms with E-state index in [1.165, 1.54) is 24.2 Å². The molecule has 0 spiro atoms. The molecule has 1 aromatic heterocycles. The molecule has 1 saturated carbocycles. The maximum Gasteiger partial charge on any atom is 0.410 e. The normalized spacial score (nSPS) is 20.4. The van der Waals surface area contributed by atoms with Gasteiger partial charge in [0.25, 0.3) is 0 Å². The molecule has 9 heteroatoms. The van der Waals surface area contributed by atoms with Crippen molar-refractivity contribution < 1.29 is 27.8 Å². The molecule has 4 rings (SSSR count). The fourth-order valence-electron chi connectivity index (χ4n) is 5.32. The van der Waals surface area contributed by atoms with Crippen LogP contribution in [-0.4, -0.2) is 58.5 Å². The highest BCUT2D eigenvalue weighted by molar-refractivity contribution is 5.68. The van der Waals surface area contributed by atoms with Gasteiger partial charge in [-0.25, -0.2) is 13.6 Å². The zero-order chi connectivity index (χ0) is 28.7. The van der Waals surface area contributed by atoms with Crippen molar-refractivity contribution in [3.8, 4) is 22.8 Å². The summed E-state index contributed by atoms with van der Waals surface area (Å²) in [4.78, 5) is 14.1. The third-order valence-electron chi connectivity index (χ3n) is 7.49. The van der Waals surface area contributed by atoms with Crippen LogP contribution >= 0.6 is 0 Å². The fraction of sp³-hybridized carbons (Fsp3) is 0.645. The van der Waals surface area contributed by atoms with Gasteiger partial charge in [0.15, 0.2) is 0 Å². The molecule has 1 aromatic carbocycles. The van der Waals surface area contributed by atoms with Gasteiger partial charge in [0, 0.05) is 18.2 Å². The number of aromatic nitrogens is 2. The third-order valence-corrected chi connectivity index (χ3v) is 7.49. The average Bonchev–Trinajstić information content (AvgIpc) is 2.92. The summed E-state index contributed by atoms with van der Waals surface area (Å²) in [7, 11) is 0. The summed E-state index contributed by atoms with van der Waals surface area (Å²) >= 11 is 0. The number of hydrogen-bond acceptors (Lipinski definition) is 6. The van der Waals surface area contributed by atoms with E-state index in [2.05, 4.69) is 17.1 Å². The van der Waals surface area contributed by atoms with Crippen LogP contribution in [-0.2, 0) is 11.2 Å².